The van der Waals surface area contributed by atoms with E-state index in [0.29, 0.717) is 21.2 Å². The molecule has 1 aromatic heterocycles. The molecule has 2 aromatic carbocycles. The highest BCUT2D eigenvalue weighted by Gasteiger charge is 2.18. The highest BCUT2D eigenvalue weighted by atomic mass is 35.5. The van der Waals surface area contributed by atoms with Gasteiger partial charge < -0.3 is 10.6 Å². The summed E-state index contributed by atoms with van der Waals surface area (Å²) in [6.07, 6.45) is 0. The van der Waals surface area contributed by atoms with Gasteiger partial charge in [0.25, 0.3) is 11.8 Å². The van der Waals surface area contributed by atoms with Crippen LogP contribution in [-0.4, -0.2) is 11.8 Å². The molecule has 0 bridgehead atoms. The van der Waals surface area contributed by atoms with Gasteiger partial charge in [-0.1, -0.05) is 63.6 Å². The van der Waals surface area contributed by atoms with Crippen molar-refractivity contribution in [2.45, 2.75) is 39.5 Å². The maximum atomic E-state index is 13.1. The lowest BCUT2D eigenvalue weighted by Gasteiger charge is -2.20. The molecule has 0 saturated carbocycles. The molecular weight excluding hydrogens is 416 g/mol. The number of amides is 2. The molecule has 0 aliphatic rings. The molecule has 3 rings (SSSR count). The lowest BCUT2D eigenvalue weighted by atomic mass is 9.92. The van der Waals surface area contributed by atoms with Crippen molar-refractivity contribution in [1.29, 1.82) is 0 Å². The SMILES string of the molecule is CC(C)c1cccc(C(C)C)c1NC(=O)c1ccc(Cl)c(NC(=O)c2cccs2)c1. The molecule has 30 heavy (non-hydrogen) atoms. The van der Waals surface area contributed by atoms with Crippen molar-refractivity contribution in [3.05, 3.63) is 80.5 Å². The molecule has 4 nitrogen and oxygen atoms in total. The molecule has 2 amide bonds. The number of anilines is 2. The van der Waals surface area contributed by atoms with Crippen LogP contribution in [0.15, 0.2) is 53.9 Å². The Balaban J connectivity index is 1.89. The standard InChI is InChI=1S/C24H25ClN2O2S/c1-14(2)17-7-5-8-18(15(3)4)22(17)27-23(28)16-10-11-19(25)20(13-16)26-24(29)21-9-6-12-30-21/h5-15H,1-4H3,(H,26,29)(H,27,28). The molecule has 2 N–H and O–H groups in total. The summed E-state index contributed by atoms with van der Waals surface area (Å²) in [4.78, 5) is 26.0. The number of benzene rings is 2. The van der Waals surface area contributed by atoms with Gasteiger partial charge in [-0.15, -0.1) is 11.3 Å². The number of carbonyl (C=O) groups excluding carboxylic acids is 2. The van der Waals surface area contributed by atoms with Crippen molar-refractivity contribution in [3.8, 4) is 0 Å². The van der Waals surface area contributed by atoms with Crippen molar-refractivity contribution in [2.24, 2.45) is 0 Å². The highest BCUT2D eigenvalue weighted by Crippen LogP contribution is 2.33. The van der Waals surface area contributed by atoms with E-state index in [0.717, 1.165) is 16.8 Å². The molecular formula is C24H25ClN2O2S. The van der Waals surface area contributed by atoms with E-state index >= 15 is 0 Å². The van der Waals surface area contributed by atoms with Crippen molar-refractivity contribution >= 4 is 46.1 Å². The highest BCUT2D eigenvalue weighted by molar-refractivity contribution is 7.12. The minimum absolute atomic E-state index is 0.242. The molecule has 0 aliphatic heterocycles. The number of halogens is 1. The molecule has 1 heterocycles. The van der Waals surface area contributed by atoms with E-state index in [-0.39, 0.29) is 23.7 Å². The molecule has 0 saturated heterocycles. The van der Waals surface area contributed by atoms with Crippen LogP contribution < -0.4 is 10.6 Å². The zero-order valence-electron chi connectivity index (χ0n) is 17.5. The number of para-hydroxylation sites is 1. The monoisotopic (exact) mass is 440 g/mol. The normalized spacial score (nSPS) is 11.0. The predicted octanol–water partition coefficient (Wildman–Crippen LogP) is 7.15. The quantitative estimate of drug-likeness (QED) is 0.427. The van der Waals surface area contributed by atoms with Gasteiger partial charge in [0.2, 0.25) is 0 Å². The Morgan fingerprint density at radius 1 is 0.867 bits per heavy atom. The van der Waals surface area contributed by atoms with Crippen LogP contribution in [-0.2, 0) is 0 Å². The van der Waals surface area contributed by atoms with Crippen LogP contribution in [0.4, 0.5) is 11.4 Å². The average molecular weight is 441 g/mol. The van der Waals surface area contributed by atoms with E-state index in [1.165, 1.54) is 11.3 Å². The zero-order chi connectivity index (χ0) is 21.8. The van der Waals surface area contributed by atoms with Crippen molar-refractivity contribution < 1.29 is 9.59 Å². The van der Waals surface area contributed by atoms with Gasteiger partial charge in [-0.3, -0.25) is 9.59 Å². The summed E-state index contributed by atoms with van der Waals surface area (Å²) >= 11 is 7.60. The molecule has 0 spiro atoms. The number of hydrogen-bond donors (Lipinski definition) is 2. The minimum atomic E-state index is -0.253. The third kappa shape index (κ3) is 4.91. The van der Waals surface area contributed by atoms with E-state index in [4.69, 9.17) is 11.6 Å². The van der Waals surface area contributed by atoms with E-state index in [2.05, 4.69) is 38.3 Å². The van der Waals surface area contributed by atoms with Gasteiger partial charge in [0, 0.05) is 11.3 Å². The van der Waals surface area contributed by atoms with Gasteiger partial charge in [0.05, 0.1) is 15.6 Å². The number of hydrogen-bond acceptors (Lipinski definition) is 3. The first kappa shape index (κ1) is 22.1. The molecule has 0 atom stereocenters. The Bertz CT molecular complexity index is 1030. The fraction of sp³-hybridized carbons (Fsp3) is 0.250. The summed E-state index contributed by atoms with van der Waals surface area (Å²) in [5, 5.41) is 8.09. The Kier molecular flexibility index (Phi) is 6.95. The van der Waals surface area contributed by atoms with Gasteiger partial charge in [-0.2, -0.15) is 0 Å². The summed E-state index contributed by atoms with van der Waals surface area (Å²) in [6, 6.07) is 14.5. The first-order chi connectivity index (χ1) is 14.3. The van der Waals surface area contributed by atoms with Crippen LogP contribution in [0.5, 0.6) is 0 Å². The number of thiophene rings is 1. The Morgan fingerprint density at radius 3 is 2.10 bits per heavy atom. The second kappa shape index (κ2) is 9.45. The molecule has 156 valence electrons. The fourth-order valence-corrected chi connectivity index (χ4v) is 4.02. The maximum Gasteiger partial charge on any atom is 0.265 e. The van der Waals surface area contributed by atoms with Crippen LogP contribution in [0, 0.1) is 0 Å². The summed E-state index contributed by atoms with van der Waals surface area (Å²) in [7, 11) is 0. The maximum absolute atomic E-state index is 13.1. The van der Waals surface area contributed by atoms with Crippen LogP contribution in [0.25, 0.3) is 0 Å². The summed E-state index contributed by atoms with van der Waals surface area (Å²) < 4.78 is 0. The Hall–Kier alpha value is -2.63. The smallest absolute Gasteiger partial charge is 0.265 e. The second-order valence-corrected chi connectivity index (χ2v) is 9.06. The zero-order valence-corrected chi connectivity index (χ0v) is 19.0. The lowest BCUT2D eigenvalue weighted by Crippen LogP contribution is -2.17. The van der Waals surface area contributed by atoms with E-state index in [1.807, 2.05) is 29.6 Å². The second-order valence-electron chi connectivity index (χ2n) is 7.70. The van der Waals surface area contributed by atoms with Crippen molar-refractivity contribution in [3.63, 3.8) is 0 Å². The minimum Gasteiger partial charge on any atom is -0.321 e. The number of rotatable bonds is 6. The largest absolute Gasteiger partial charge is 0.321 e. The molecule has 0 unspecified atom stereocenters. The average Bonchev–Trinajstić information content (AvgIpc) is 3.24. The van der Waals surface area contributed by atoms with Crippen LogP contribution in [0.3, 0.4) is 0 Å². The number of nitrogens with one attached hydrogen (secondary N) is 2. The molecule has 3 aromatic rings. The van der Waals surface area contributed by atoms with Gasteiger partial charge in [-0.25, -0.2) is 0 Å². The van der Waals surface area contributed by atoms with Crippen LogP contribution >= 0.6 is 22.9 Å². The van der Waals surface area contributed by atoms with Gasteiger partial charge in [0.15, 0.2) is 0 Å². The third-order valence-electron chi connectivity index (χ3n) is 4.83. The third-order valence-corrected chi connectivity index (χ3v) is 6.03. The van der Waals surface area contributed by atoms with E-state index in [9.17, 15) is 9.59 Å². The summed E-state index contributed by atoms with van der Waals surface area (Å²) in [5.41, 5.74) is 3.87. The van der Waals surface area contributed by atoms with Crippen LogP contribution in [0.1, 0.15) is 70.7 Å². The van der Waals surface area contributed by atoms with E-state index < -0.39 is 0 Å². The Morgan fingerprint density at radius 2 is 1.53 bits per heavy atom. The molecule has 6 heteroatoms. The molecule has 0 fully saturated rings. The first-order valence-corrected chi connectivity index (χ1v) is 11.1. The van der Waals surface area contributed by atoms with Gasteiger partial charge in [0.1, 0.15) is 0 Å². The van der Waals surface area contributed by atoms with Gasteiger partial charge in [-0.05, 0) is 52.6 Å². The van der Waals surface area contributed by atoms with Crippen molar-refractivity contribution in [2.75, 3.05) is 10.6 Å². The molecule has 0 radical (unpaired) electrons. The predicted molar refractivity (Wildman–Crippen MR) is 126 cm³/mol. The Labute approximate surface area is 186 Å². The topological polar surface area (TPSA) is 58.2 Å². The lowest BCUT2D eigenvalue weighted by molar-refractivity contribution is 0.101. The summed E-state index contributed by atoms with van der Waals surface area (Å²) in [6.45, 7) is 8.43. The first-order valence-electron chi connectivity index (χ1n) is 9.86. The number of carbonyl (C=O) groups is 2. The fourth-order valence-electron chi connectivity index (χ4n) is 3.24. The van der Waals surface area contributed by atoms with Crippen molar-refractivity contribution in [1.82, 2.24) is 0 Å². The van der Waals surface area contributed by atoms with Crippen LogP contribution in [0.2, 0.25) is 5.02 Å². The van der Waals surface area contributed by atoms with Gasteiger partial charge >= 0.3 is 0 Å². The molecule has 0 aliphatic carbocycles. The van der Waals surface area contributed by atoms with E-state index in [1.54, 1.807) is 24.3 Å². The summed E-state index contributed by atoms with van der Waals surface area (Å²) in [5.74, 6) is 0.0414.